The summed E-state index contributed by atoms with van der Waals surface area (Å²) in [5, 5.41) is 17.9. The summed E-state index contributed by atoms with van der Waals surface area (Å²) in [6, 6.07) is 5.58. The molecule has 2 aliphatic carbocycles. The first-order chi connectivity index (χ1) is 16.9. The lowest BCUT2D eigenvalue weighted by Crippen LogP contribution is -2.21. The molecular formula is C24H28N6O5. The topological polar surface area (TPSA) is 134 Å². The maximum Gasteiger partial charge on any atom is 0.320 e. The number of aliphatic carboxylic acids is 1. The highest BCUT2D eigenvalue weighted by atomic mass is 16.5. The van der Waals surface area contributed by atoms with Crippen LogP contribution >= 0.6 is 0 Å². The maximum absolute atomic E-state index is 11.5. The van der Waals surface area contributed by atoms with Crippen LogP contribution in [-0.2, 0) is 18.4 Å². The Labute approximate surface area is 202 Å². The van der Waals surface area contributed by atoms with Crippen LogP contribution in [0.3, 0.4) is 0 Å². The smallest absolute Gasteiger partial charge is 0.320 e. The number of aromatic nitrogens is 6. The summed E-state index contributed by atoms with van der Waals surface area (Å²) >= 11 is 0. The highest BCUT2D eigenvalue weighted by molar-refractivity contribution is 5.71. The number of pyridine rings is 1. The van der Waals surface area contributed by atoms with Crippen LogP contribution in [0, 0.1) is 24.7 Å². The standard InChI is InChI=1S/C24H28N6O5/c1-13-20(35-15-10-14-4-5-16(23(31)32)17(14)11-15)7-6-18(26-13)22-19(30(2)29-28-22)12-34-24-25-9-8-21(27-24)33-3/h6-9,14-17H,4-5,10-12H2,1-3H3,(H,31,32)/t14-,15-,16?,17+/m1/s1. The number of hydrogen-bond donors (Lipinski definition) is 1. The van der Waals surface area contributed by atoms with Crippen LogP contribution in [-0.4, -0.2) is 54.2 Å². The predicted octanol–water partition coefficient (Wildman–Crippen LogP) is 2.83. The summed E-state index contributed by atoms with van der Waals surface area (Å²) in [6.07, 6.45) is 5.00. The average molecular weight is 481 g/mol. The fourth-order valence-electron chi connectivity index (χ4n) is 5.30. The van der Waals surface area contributed by atoms with Crippen LogP contribution in [0.25, 0.3) is 11.4 Å². The Balaban J connectivity index is 1.28. The predicted molar refractivity (Wildman–Crippen MR) is 123 cm³/mol. The lowest BCUT2D eigenvalue weighted by atomic mass is 9.92. The van der Waals surface area contributed by atoms with Crippen molar-refractivity contribution in [1.82, 2.24) is 29.9 Å². The van der Waals surface area contributed by atoms with Gasteiger partial charge in [0, 0.05) is 19.3 Å². The maximum atomic E-state index is 11.5. The van der Waals surface area contributed by atoms with Gasteiger partial charge in [0.05, 0.1) is 30.5 Å². The summed E-state index contributed by atoms with van der Waals surface area (Å²) in [5.41, 5.74) is 2.72. The molecule has 5 rings (SSSR count). The van der Waals surface area contributed by atoms with E-state index in [0.717, 1.165) is 37.1 Å². The van der Waals surface area contributed by atoms with Crippen LogP contribution in [0.1, 0.15) is 37.1 Å². The molecule has 0 amide bonds. The Kier molecular flexibility index (Phi) is 6.23. The number of aryl methyl sites for hydroxylation is 2. The monoisotopic (exact) mass is 480 g/mol. The number of carboxylic acids is 1. The molecule has 184 valence electrons. The van der Waals surface area contributed by atoms with Crippen molar-refractivity contribution in [1.29, 1.82) is 0 Å². The van der Waals surface area contributed by atoms with Crippen LogP contribution in [0.2, 0.25) is 0 Å². The number of carbonyl (C=O) groups is 1. The van der Waals surface area contributed by atoms with E-state index in [1.807, 2.05) is 19.1 Å². The number of hydrogen-bond acceptors (Lipinski definition) is 9. The highest BCUT2D eigenvalue weighted by Gasteiger charge is 2.47. The van der Waals surface area contributed by atoms with E-state index in [4.69, 9.17) is 19.2 Å². The Bertz CT molecular complexity index is 1230. The lowest BCUT2D eigenvalue weighted by molar-refractivity contribution is -0.143. The van der Waals surface area contributed by atoms with Gasteiger partial charge in [-0.1, -0.05) is 5.21 Å². The zero-order valence-corrected chi connectivity index (χ0v) is 19.9. The molecule has 3 aromatic heterocycles. The van der Waals surface area contributed by atoms with Crippen LogP contribution in [0.5, 0.6) is 17.6 Å². The second kappa shape index (κ2) is 9.47. The van der Waals surface area contributed by atoms with Gasteiger partial charge < -0.3 is 19.3 Å². The summed E-state index contributed by atoms with van der Waals surface area (Å²) in [6.45, 7) is 2.05. The van der Waals surface area contributed by atoms with Crippen LogP contribution < -0.4 is 14.2 Å². The molecule has 1 N–H and O–H groups in total. The lowest BCUT2D eigenvalue weighted by Gasteiger charge is -2.18. The van der Waals surface area contributed by atoms with Crippen molar-refractivity contribution in [3.63, 3.8) is 0 Å². The molecule has 0 aromatic carbocycles. The van der Waals surface area contributed by atoms with E-state index in [2.05, 4.69) is 20.3 Å². The van der Waals surface area contributed by atoms with Gasteiger partial charge in [-0.15, -0.1) is 5.10 Å². The summed E-state index contributed by atoms with van der Waals surface area (Å²) < 4.78 is 18.8. The van der Waals surface area contributed by atoms with Gasteiger partial charge in [-0.25, -0.2) is 14.6 Å². The van der Waals surface area contributed by atoms with Gasteiger partial charge in [-0.3, -0.25) is 4.79 Å². The summed E-state index contributed by atoms with van der Waals surface area (Å²) in [7, 11) is 3.31. The van der Waals surface area contributed by atoms with Gasteiger partial charge in [0.25, 0.3) is 0 Å². The van der Waals surface area contributed by atoms with Gasteiger partial charge in [-0.2, -0.15) is 4.98 Å². The van der Waals surface area contributed by atoms with E-state index in [1.165, 1.54) is 7.11 Å². The number of carboxylic acid groups (broad SMARTS) is 1. The van der Waals surface area contributed by atoms with Gasteiger partial charge >= 0.3 is 12.0 Å². The molecule has 2 fully saturated rings. The number of methoxy groups -OCH3 is 1. The minimum Gasteiger partial charge on any atom is -0.489 e. The molecule has 11 nitrogen and oxygen atoms in total. The van der Waals surface area contributed by atoms with Gasteiger partial charge in [0.1, 0.15) is 23.7 Å². The van der Waals surface area contributed by atoms with Crippen molar-refractivity contribution in [3.05, 3.63) is 35.8 Å². The third-order valence-corrected chi connectivity index (χ3v) is 7.06. The third-order valence-electron chi connectivity index (χ3n) is 7.06. The number of fused-ring (bicyclic) bond motifs is 1. The molecule has 4 atom stereocenters. The van der Waals surface area contributed by atoms with Crippen LogP contribution in [0.4, 0.5) is 0 Å². The molecule has 1 unspecified atom stereocenters. The molecule has 3 aromatic rings. The molecule has 35 heavy (non-hydrogen) atoms. The second-order valence-electron chi connectivity index (χ2n) is 9.12. The van der Waals surface area contributed by atoms with Gasteiger partial charge in [-0.05, 0) is 56.6 Å². The summed E-state index contributed by atoms with van der Waals surface area (Å²) in [5.74, 6) is 0.842. The normalized spacial score (nSPS) is 23.2. The van der Waals surface area contributed by atoms with Crippen molar-refractivity contribution in [2.75, 3.05) is 7.11 Å². The summed E-state index contributed by atoms with van der Waals surface area (Å²) in [4.78, 5) is 24.5. The van der Waals surface area contributed by atoms with E-state index in [9.17, 15) is 9.90 Å². The molecule has 3 heterocycles. The van der Waals surface area contributed by atoms with E-state index in [0.29, 0.717) is 28.9 Å². The molecule has 0 aliphatic heterocycles. The molecule has 0 bridgehead atoms. The molecular weight excluding hydrogens is 452 g/mol. The minimum absolute atomic E-state index is 0.0156. The highest BCUT2D eigenvalue weighted by Crippen LogP contribution is 2.48. The largest absolute Gasteiger partial charge is 0.489 e. The van der Waals surface area contributed by atoms with Crippen molar-refractivity contribution >= 4 is 5.97 Å². The zero-order chi connectivity index (χ0) is 24.5. The Morgan fingerprint density at radius 1 is 1.20 bits per heavy atom. The quantitative estimate of drug-likeness (QED) is 0.513. The SMILES string of the molecule is COc1ccnc(OCc2c(-c3ccc(O[C@@H]4C[C@H]5CCC(C(=O)O)[C@H]5C4)c(C)n3)nnn2C)n1. The fraction of sp³-hybridized carbons (Fsp3) is 0.500. The van der Waals surface area contributed by atoms with Gasteiger partial charge in [0.15, 0.2) is 0 Å². The van der Waals surface area contributed by atoms with Crippen LogP contribution in [0.15, 0.2) is 24.4 Å². The van der Waals surface area contributed by atoms with Gasteiger partial charge in [0.2, 0.25) is 5.88 Å². The first kappa shape index (κ1) is 23.0. The van der Waals surface area contributed by atoms with E-state index < -0.39 is 5.97 Å². The number of nitrogens with zero attached hydrogens (tertiary/aromatic N) is 6. The molecule has 11 heteroatoms. The number of rotatable bonds is 8. The third kappa shape index (κ3) is 4.62. The Morgan fingerprint density at radius 3 is 2.83 bits per heavy atom. The average Bonchev–Trinajstić information content (AvgIpc) is 3.53. The first-order valence-corrected chi connectivity index (χ1v) is 11.7. The molecule has 0 radical (unpaired) electrons. The van der Waals surface area contributed by atoms with E-state index in [-0.39, 0.29) is 30.6 Å². The first-order valence-electron chi connectivity index (χ1n) is 11.7. The molecule has 2 aliphatic rings. The minimum atomic E-state index is -0.679. The molecule has 2 saturated carbocycles. The van der Waals surface area contributed by atoms with E-state index in [1.54, 1.807) is 24.0 Å². The Hall–Kier alpha value is -3.76. The number of ether oxygens (including phenoxy) is 3. The van der Waals surface area contributed by atoms with Crippen molar-refractivity contribution in [3.8, 4) is 29.0 Å². The van der Waals surface area contributed by atoms with Crippen molar-refractivity contribution < 1.29 is 24.1 Å². The fourth-order valence-corrected chi connectivity index (χ4v) is 5.30. The molecule has 0 spiro atoms. The van der Waals surface area contributed by atoms with Crippen molar-refractivity contribution in [2.24, 2.45) is 24.8 Å². The van der Waals surface area contributed by atoms with Crippen molar-refractivity contribution in [2.45, 2.75) is 45.3 Å². The zero-order valence-electron chi connectivity index (χ0n) is 19.9. The Morgan fingerprint density at radius 2 is 2.06 bits per heavy atom. The molecule has 0 saturated heterocycles. The second-order valence-corrected chi connectivity index (χ2v) is 9.12. The van der Waals surface area contributed by atoms with E-state index >= 15 is 0 Å².